The number of carbonyl (C=O) groups is 1. The lowest BCUT2D eigenvalue weighted by Crippen LogP contribution is -2.70. The lowest BCUT2D eigenvalue weighted by Gasteiger charge is -2.50. The summed E-state index contributed by atoms with van der Waals surface area (Å²) in [5.74, 6) is 0.155. The maximum Gasteiger partial charge on any atom is 0.227 e. The van der Waals surface area contributed by atoms with Crippen LogP contribution >= 0.6 is 0 Å². The van der Waals surface area contributed by atoms with E-state index >= 15 is 0 Å². The molecular formula is C21H30N4O2. The van der Waals surface area contributed by atoms with E-state index in [1.807, 2.05) is 18.2 Å². The number of rotatable bonds is 3. The normalized spacial score (nSPS) is 28.1. The van der Waals surface area contributed by atoms with Crippen molar-refractivity contribution in [2.75, 3.05) is 39.4 Å². The molecule has 27 heavy (non-hydrogen) atoms. The van der Waals surface area contributed by atoms with Gasteiger partial charge in [0.25, 0.3) is 0 Å². The highest BCUT2D eigenvalue weighted by molar-refractivity contribution is 5.79. The molecule has 1 aromatic rings. The number of piperazine rings is 1. The molecule has 3 saturated heterocycles. The maximum atomic E-state index is 13.1. The molecule has 1 aromatic carbocycles. The minimum absolute atomic E-state index is 0. The van der Waals surface area contributed by atoms with Crippen molar-refractivity contribution in [3.63, 3.8) is 0 Å². The van der Waals surface area contributed by atoms with Gasteiger partial charge in [0, 0.05) is 13.1 Å². The Bertz CT molecular complexity index is 694. The summed E-state index contributed by atoms with van der Waals surface area (Å²) in [6.45, 7) is 5.12. The smallest absolute Gasteiger partial charge is 0.227 e. The van der Waals surface area contributed by atoms with E-state index in [1.54, 1.807) is 6.07 Å². The number of nitriles is 1. The van der Waals surface area contributed by atoms with E-state index in [-0.39, 0.29) is 31.5 Å². The molecule has 0 aliphatic carbocycles. The van der Waals surface area contributed by atoms with E-state index in [1.165, 1.54) is 12.8 Å². The van der Waals surface area contributed by atoms with Crippen LogP contribution in [0.15, 0.2) is 24.3 Å². The van der Waals surface area contributed by atoms with Gasteiger partial charge in [-0.05, 0) is 43.6 Å². The quantitative estimate of drug-likeness (QED) is 0.871. The molecule has 3 atom stereocenters. The summed E-state index contributed by atoms with van der Waals surface area (Å²) >= 11 is 0. The zero-order chi connectivity index (χ0) is 17.9. The topological polar surface area (TPSA) is 68.6 Å². The second kappa shape index (κ2) is 8.83. The first kappa shape index (κ1) is 19.8. The molecule has 1 N–H and O–H groups in total. The molecule has 0 radical (unpaired) electrons. The number of likely N-dealkylation sites (tertiary alicyclic amines) is 1. The minimum atomic E-state index is 0. The average Bonchev–Trinajstić information content (AvgIpc) is 3.21. The van der Waals surface area contributed by atoms with Crippen molar-refractivity contribution >= 4 is 5.91 Å². The van der Waals surface area contributed by atoms with Crippen molar-refractivity contribution in [1.82, 2.24) is 15.1 Å². The Labute approximate surface area is 162 Å². The molecule has 0 bridgehead atoms. The van der Waals surface area contributed by atoms with Crippen LogP contribution in [0.3, 0.4) is 0 Å². The van der Waals surface area contributed by atoms with Crippen molar-refractivity contribution in [2.24, 2.45) is 0 Å². The number of nitrogens with zero attached hydrogens (tertiary/aromatic N) is 3. The lowest BCUT2D eigenvalue weighted by molar-refractivity contribution is -0.142. The van der Waals surface area contributed by atoms with Crippen LogP contribution in [0.4, 0.5) is 0 Å². The van der Waals surface area contributed by atoms with Gasteiger partial charge in [0.2, 0.25) is 5.91 Å². The van der Waals surface area contributed by atoms with Crippen LogP contribution in [0.25, 0.3) is 0 Å². The van der Waals surface area contributed by atoms with Gasteiger partial charge in [-0.1, -0.05) is 19.6 Å². The lowest BCUT2D eigenvalue weighted by atomic mass is 9.92. The van der Waals surface area contributed by atoms with Crippen molar-refractivity contribution in [3.05, 3.63) is 35.4 Å². The van der Waals surface area contributed by atoms with Crippen LogP contribution < -0.4 is 5.32 Å². The number of benzene rings is 1. The summed E-state index contributed by atoms with van der Waals surface area (Å²) in [5, 5.41) is 12.6. The zero-order valence-corrected chi connectivity index (χ0v) is 15.1. The molecule has 6 nitrogen and oxygen atoms in total. The van der Waals surface area contributed by atoms with Crippen LogP contribution in [0.2, 0.25) is 0 Å². The fourth-order valence-electron chi connectivity index (χ4n) is 4.62. The van der Waals surface area contributed by atoms with E-state index in [9.17, 15) is 4.79 Å². The van der Waals surface area contributed by atoms with E-state index in [4.69, 9.17) is 10.00 Å². The molecule has 1 amide bonds. The van der Waals surface area contributed by atoms with Crippen LogP contribution in [-0.2, 0) is 16.0 Å². The van der Waals surface area contributed by atoms with Gasteiger partial charge in [0.1, 0.15) is 0 Å². The molecule has 3 aliphatic rings. The molecule has 6 heteroatoms. The third-order valence-electron chi connectivity index (χ3n) is 5.85. The standard InChI is InChI=1S/C20H26N4O2.CH4/c21-12-16-5-3-4-15(10-16)11-19(25)24-9-6-22-17-13-26-14-18(20(17)24)23-7-1-2-8-23;/h3-5,10,17-18,20,22H,1-2,6-9,11,13-14H2;1H4/t17-,18+,20+;/m1./s1. The second-order valence-electron chi connectivity index (χ2n) is 7.48. The average molecular weight is 370 g/mol. The molecule has 146 valence electrons. The monoisotopic (exact) mass is 370 g/mol. The first-order valence-electron chi connectivity index (χ1n) is 9.60. The summed E-state index contributed by atoms with van der Waals surface area (Å²) in [4.78, 5) is 17.7. The highest BCUT2D eigenvalue weighted by Crippen LogP contribution is 2.26. The molecule has 3 aliphatic heterocycles. The van der Waals surface area contributed by atoms with Gasteiger partial charge >= 0.3 is 0 Å². The van der Waals surface area contributed by atoms with E-state index < -0.39 is 0 Å². The SMILES string of the molecule is C.N#Cc1cccc(CC(=O)N2CCN[C@@H]3COC[C@H](N4CCCC4)[C@H]32)c1. The van der Waals surface area contributed by atoms with Crippen LogP contribution in [0, 0.1) is 11.3 Å². The Morgan fingerprint density at radius 3 is 2.85 bits per heavy atom. The van der Waals surface area contributed by atoms with Gasteiger partial charge in [0.15, 0.2) is 0 Å². The van der Waals surface area contributed by atoms with E-state index in [0.29, 0.717) is 25.2 Å². The molecule has 0 spiro atoms. The third-order valence-corrected chi connectivity index (χ3v) is 5.85. The summed E-state index contributed by atoms with van der Waals surface area (Å²) in [6, 6.07) is 10.2. The second-order valence-corrected chi connectivity index (χ2v) is 7.48. The van der Waals surface area contributed by atoms with E-state index in [2.05, 4.69) is 21.2 Å². The molecule has 0 aromatic heterocycles. The van der Waals surface area contributed by atoms with Gasteiger partial charge in [-0.25, -0.2) is 0 Å². The molecule has 3 fully saturated rings. The molecule has 3 heterocycles. The fraction of sp³-hybridized carbons (Fsp3) is 0.619. The molecule has 0 unspecified atom stereocenters. The Morgan fingerprint density at radius 1 is 1.26 bits per heavy atom. The molecule has 0 saturated carbocycles. The number of amides is 1. The van der Waals surface area contributed by atoms with Crippen LogP contribution in [-0.4, -0.2) is 73.2 Å². The number of carbonyl (C=O) groups excluding carboxylic acids is 1. The number of fused-ring (bicyclic) bond motifs is 1. The van der Waals surface area contributed by atoms with Gasteiger partial charge < -0.3 is 15.0 Å². The Hall–Kier alpha value is -1.94. The Kier molecular flexibility index (Phi) is 6.48. The van der Waals surface area contributed by atoms with Gasteiger partial charge in [0.05, 0.1) is 49.4 Å². The summed E-state index contributed by atoms with van der Waals surface area (Å²) < 4.78 is 5.86. The van der Waals surface area contributed by atoms with Crippen molar-refractivity contribution < 1.29 is 9.53 Å². The highest BCUT2D eigenvalue weighted by atomic mass is 16.5. The van der Waals surface area contributed by atoms with Crippen molar-refractivity contribution in [2.45, 2.75) is 44.8 Å². The maximum absolute atomic E-state index is 13.1. The fourth-order valence-corrected chi connectivity index (χ4v) is 4.62. The van der Waals surface area contributed by atoms with Crippen LogP contribution in [0.5, 0.6) is 0 Å². The minimum Gasteiger partial charge on any atom is -0.378 e. The van der Waals surface area contributed by atoms with E-state index in [0.717, 1.165) is 31.7 Å². The summed E-state index contributed by atoms with van der Waals surface area (Å²) in [5.41, 5.74) is 1.52. The van der Waals surface area contributed by atoms with Gasteiger partial charge in [-0.2, -0.15) is 5.26 Å². The first-order valence-corrected chi connectivity index (χ1v) is 9.60. The number of hydrogen-bond donors (Lipinski definition) is 1. The molecule has 4 rings (SSSR count). The number of hydrogen-bond acceptors (Lipinski definition) is 5. The Balaban J connectivity index is 0.00000210. The Morgan fingerprint density at radius 2 is 2.07 bits per heavy atom. The molecular weight excluding hydrogens is 340 g/mol. The first-order chi connectivity index (χ1) is 12.8. The third kappa shape index (κ3) is 4.16. The van der Waals surface area contributed by atoms with Gasteiger partial charge in [-0.3, -0.25) is 9.69 Å². The van der Waals surface area contributed by atoms with Gasteiger partial charge in [-0.15, -0.1) is 0 Å². The van der Waals surface area contributed by atoms with Crippen molar-refractivity contribution in [3.8, 4) is 6.07 Å². The number of ether oxygens (including phenoxy) is 1. The van der Waals surface area contributed by atoms with Crippen LogP contribution in [0.1, 0.15) is 31.4 Å². The predicted molar refractivity (Wildman–Crippen MR) is 104 cm³/mol. The highest BCUT2D eigenvalue weighted by Gasteiger charge is 2.44. The summed E-state index contributed by atoms with van der Waals surface area (Å²) in [6.07, 6.45) is 2.82. The summed E-state index contributed by atoms with van der Waals surface area (Å²) in [7, 11) is 0. The number of nitrogens with one attached hydrogen (secondary N) is 1. The van der Waals surface area contributed by atoms with Crippen molar-refractivity contribution in [1.29, 1.82) is 5.26 Å². The largest absolute Gasteiger partial charge is 0.378 e. The zero-order valence-electron chi connectivity index (χ0n) is 15.1. The predicted octanol–water partition coefficient (Wildman–Crippen LogP) is 1.40.